The van der Waals surface area contributed by atoms with Crippen LogP contribution in [0.15, 0.2) is 47.3 Å². The molecule has 0 amide bonds. The van der Waals surface area contributed by atoms with Gasteiger partial charge in [0.25, 0.3) is 5.56 Å². The van der Waals surface area contributed by atoms with Crippen LogP contribution in [0.2, 0.25) is 0 Å². The van der Waals surface area contributed by atoms with Crippen molar-refractivity contribution < 1.29 is 4.74 Å². The molecule has 0 saturated heterocycles. The van der Waals surface area contributed by atoms with E-state index >= 15 is 0 Å². The summed E-state index contributed by atoms with van der Waals surface area (Å²) < 4.78 is 7.23. The van der Waals surface area contributed by atoms with Gasteiger partial charge in [-0.15, -0.1) is 5.10 Å². The van der Waals surface area contributed by atoms with E-state index in [0.717, 1.165) is 51.2 Å². The molecule has 0 aliphatic heterocycles. The first-order chi connectivity index (χ1) is 17.1. The molecule has 4 rings (SSSR count). The first-order valence-electron chi connectivity index (χ1n) is 12.4. The number of aromatic nitrogens is 5. The summed E-state index contributed by atoms with van der Waals surface area (Å²) in [4.78, 5) is 18.7. The maximum atomic E-state index is 13.2. The van der Waals surface area contributed by atoms with E-state index in [2.05, 4.69) is 78.2 Å². The molecule has 2 heterocycles. The number of aromatic amines is 1. The molecule has 0 spiro atoms. The van der Waals surface area contributed by atoms with Crippen molar-refractivity contribution in [2.24, 2.45) is 0 Å². The van der Waals surface area contributed by atoms with Crippen LogP contribution >= 0.6 is 0 Å². The third-order valence-corrected chi connectivity index (χ3v) is 6.69. The zero-order valence-corrected chi connectivity index (χ0v) is 22.3. The predicted octanol–water partition coefficient (Wildman–Crippen LogP) is 5.05. The van der Waals surface area contributed by atoms with E-state index in [1.54, 1.807) is 7.11 Å². The van der Waals surface area contributed by atoms with Crippen molar-refractivity contribution in [1.29, 1.82) is 0 Å². The van der Waals surface area contributed by atoms with Crippen molar-refractivity contribution >= 4 is 10.9 Å². The molecule has 0 aliphatic rings. The van der Waals surface area contributed by atoms with Gasteiger partial charge in [-0.05, 0) is 86.4 Å². The third kappa shape index (κ3) is 5.18. The monoisotopic (exact) mass is 488 g/mol. The molecule has 0 bridgehead atoms. The van der Waals surface area contributed by atoms with Crippen molar-refractivity contribution in [2.75, 3.05) is 7.11 Å². The summed E-state index contributed by atoms with van der Waals surface area (Å²) in [6.45, 7) is 13.6. The SMILES string of the molecule is CCC(c1nnnn1C(C)(C)C)N(Cc1ccc(OC)cc1)Cc1cc2c(C)ccc(C)c2[nH]c1=O. The number of methoxy groups -OCH3 is 1. The Labute approximate surface area is 212 Å². The minimum Gasteiger partial charge on any atom is -0.497 e. The van der Waals surface area contributed by atoms with Gasteiger partial charge in [0.05, 0.1) is 24.2 Å². The van der Waals surface area contributed by atoms with E-state index in [1.807, 2.05) is 35.9 Å². The van der Waals surface area contributed by atoms with E-state index in [9.17, 15) is 4.79 Å². The Morgan fingerprint density at radius 1 is 1.06 bits per heavy atom. The van der Waals surface area contributed by atoms with Crippen molar-refractivity contribution in [3.8, 4) is 5.75 Å². The first-order valence-corrected chi connectivity index (χ1v) is 12.4. The predicted molar refractivity (Wildman–Crippen MR) is 142 cm³/mol. The van der Waals surface area contributed by atoms with Gasteiger partial charge in [0.15, 0.2) is 5.82 Å². The molecule has 0 fully saturated rings. The van der Waals surface area contributed by atoms with E-state index < -0.39 is 0 Å². The fourth-order valence-electron chi connectivity index (χ4n) is 4.68. The molecule has 2 aromatic heterocycles. The molecular weight excluding hydrogens is 452 g/mol. The number of H-pyrrole nitrogens is 1. The zero-order chi connectivity index (χ0) is 26.0. The highest BCUT2D eigenvalue weighted by Crippen LogP contribution is 2.30. The molecule has 1 atom stereocenters. The summed E-state index contributed by atoms with van der Waals surface area (Å²) in [5.41, 5.74) is 4.60. The number of ether oxygens (including phenoxy) is 1. The summed E-state index contributed by atoms with van der Waals surface area (Å²) >= 11 is 0. The lowest BCUT2D eigenvalue weighted by atomic mass is 10.0. The van der Waals surface area contributed by atoms with E-state index in [4.69, 9.17) is 4.74 Å². The summed E-state index contributed by atoms with van der Waals surface area (Å²) in [7, 11) is 1.66. The van der Waals surface area contributed by atoms with Crippen LogP contribution in [0.4, 0.5) is 0 Å². The second kappa shape index (κ2) is 10.2. The number of rotatable bonds is 8. The van der Waals surface area contributed by atoms with Gasteiger partial charge in [-0.1, -0.05) is 31.2 Å². The molecular formula is C28H36N6O2. The highest BCUT2D eigenvalue weighted by molar-refractivity contribution is 5.85. The fraction of sp³-hybridized carbons (Fsp3) is 0.429. The number of hydrogen-bond donors (Lipinski definition) is 1. The zero-order valence-electron chi connectivity index (χ0n) is 22.3. The Balaban J connectivity index is 1.79. The van der Waals surface area contributed by atoms with Gasteiger partial charge >= 0.3 is 0 Å². The number of nitrogens with one attached hydrogen (secondary N) is 1. The smallest absolute Gasteiger partial charge is 0.252 e. The molecule has 0 radical (unpaired) electrons. The summed E-state index contributed by atoms with van der Waals surface area (Å²) in [6.07, 6.45) is 0.788. The van der Waals surface area contributed by atoms with Crippen LogP contribution in [-0.4, -0.2) is 37.2 Å². The van der Waals surface area contributed by atoms with Crippen LogP contribution in [0.25, 0.3) is 10.9 Å². The van der Waals surface area contributed by atoms with Gasteiger partial charge in [0.2, 0.25) is 0 Å². The molecule has 1 unspecified atom stereocenters. The largest absolute Gasteiger partial charge is 0.497 e. The highest BCUT2D eigenvalue weighted by Gasteiger charge is 2.29. The number of benzene rings is 2. The van der Waals surface area contributed by atoms with Crippen molar-refractivity contribution in [1.82, 2.24) is 30.1 Å². The van der Waals surface area contributed by atoms with Gasteiger partial charge in [-0.3, -0.25) is 9.69 Å². The normalized spacial score (nSPS) is 12.9. The minimum absolute atomic E-state index is 0.0683. The van der Waals surface area contributed by atoms with Crippen molar-refractivity contribution in [3.63, 3.8) is 0 Å². The van der Waals surface area contributed by atoms with Crippen LogP contribution in [0.1, 0.15) is 68.2 Å². The number of tetrazole rings is 1. The highest BCUT2D eigenvalue weighted by atomic mass is 16.5. The van der Waals surface area contributed by atoms with E-state index in [1.165, 1.54) is 0 Å². The number of pyridine rings is 1. The second-order valence-electron chi connectivity index (χ2n) is 10.4. The number of aryl methyl sites for hydroxylation is 2. The van der Waals surface area contributed by atoms with Crippen molar-refractivity contribution in [3.05, 3.63) is 80.9 Å². The molecule has 2 aromatic carbocycles. The van der Waals surface area contributed by atoms with E-state index in [-0.39, 0.29) is 17.1 Å². The first kappa shape index (κ1) is 25.6. The summed E-state index contributed by atoms with van der Waals surface area (Å²) in [5, 5.41) is 13.8. The molecule has 0 aliphatic carbocycles. The number of fused-ring (bicyclic) bond motifs is 1. The Morgan fingerprint density at radius 2 is 1.75 bits per heavy atom. The van der Waals surface area contributed by atoms with Gasteiger partial charge in [0.1, 0.15) is 5.75 Å². The Hall–Kier alpha value is -3.52. The quantitative estimate of drug-likeness (QED) is 0.373. The average Bonchev–Trinajstić information content (AvgIpc) is 3.34. The summed E-state index contributed by atoms with van der Waals surface area (Å²) in [5.74, 6) is 1.61. The van der Waals surface area contributed by atoms with Gasteiger partial charge in [0, 0.05) is 24.0 Å². The molecule has 8 nitrogen and oxygen atoms in total. The van der Waals surface area contributed by atoms with Gasteiger partial charge < -0.3 is 9.72 Å². The van der Waals surface area contributed by atoms with Crippen LogP contribution in [0.3, 0.4) is 0 Å². The lowest BCUT2D eigenvalue weighted by molar-refractivity contribution is 0.153. The molecule has 8 heteroatoms. The molecule has 4 aromatic rings. The standard InChI is InChI=1S/C28H36N6O2/c1-8-24(26-30-31-32-34(26)28(4,5)6)33(16-20-11-13-22(36-7)14-12-20)17-21-15-23-18(2)9-10-19(3)25(23)29-27(21)35/h9-15,24H,8,16-17H2,1-7H3,(H,29,35). The number of hydrogen-bond acceptors (Lipinski definition) is 6. The topological polar surface area (TPSA) is 88.9 Å². The summed E-state index contributed by atoms with van der Waals surface area (Å²) in [6, 6.07) is 14.1. The van der Waals surface area contributed by atoms with Crippen LogP contribution in [0, 0.1) is 13.8 Å². The molecule has 1 N–H and O–H groups in total. The second-order valence-corrected chi connectivity index (χ2v) is 10.4. The molecule has 36 heavy (non-hydrogen) atoms. The Kier molecular flexibility index (Phi) is 7.26. The van der Waals surface area contributed by atoms with Crippen LogP contribution in [0.5, 0.6) is 5.75 Å². The van der Waals surface area contributed by atoms with E-state index in [0.29, 0.717) is 13.1 Å². The van der Waals surface area contributed by atoms with Crippen LogP contribution < -0.4 is 10.3 Å². The molecule has 190 valence electrons. The maximum absolute atomic E-state index is 13.2. The number of nitrogens with zero attached hydrogens (tertiary/aromatic N) is 5. The molecule has 0 saturated carbocycles. The lowest BCUT2D eigenvalue weighted by Gasteiger charge is -2.32. The van der Waals surface area contributed by atoms with Gasteiger partial charge in [-0.2, -0.15) is 0 Å². The van der Waals surface area contributed by atoms with Crippen LogP contribution in [-0.2, 0) is 18.6 Å². The maximum Gasteiger partial charge on any atom is 0.252 e. The fourth-order valence-corrected chi connectivity index (χ4v) is 4.68. The lowest BCUT2D eigenvalue weighted by Crippen LogP contribution is -2.35. The Bertz CT molecular complexity index is 1400. The van der Waals surface area contributed by atoms with Gasteiger partial charge in [-0.25, -0.2) is 4.68 Å². The van der Waals surface area contributed by atoms with Crippen molar-refractivity contribution in [2.45, 2.75) is 72.6 Å². The average molecular weight is 489 g/mol. The minimum atomic E-state index is -0.271. The third-order valence-electron chi connectivity index (χ3n) is 6.69. The Morgan fingerprint density at radius 3 is 2.39 bits per heavy atom.